The number of carbonyl (C=O) groups is 1. The van der Waals surface area contributed by atoms with E-state index in [-0.39, 0.29) is 11.9 Å². The zero-order chi connectivity index (χ0) is 18.1. The summed E-state index contributed by atoms with van der Waals surface area (Å²) >= 11 is 0. The first kappa shape index (κ1) is 17.2. The maximum absolute atomic E-state index is 13.0. The standard InChI is InChI=1S/C20H26N4O2/c1-22-17(9-11-21-22)19(25)24-14-10-20(26,16-7-3-2-4-8-16)18(15-24)23-12-5-6-13-23/h2-4,7-9,11,18,26H,5-6,10,12-15H2,1H3/t18-,20?/m1/s1. The molecule has 1 amide bonds. The van der Waals surface area contributed by atoms with E-state index in [4.69, 9.17) is 0 Å². The lowest BCUT2D eigenvalue weighted by Gasteiger charge is -2.48. The number of nitrogens with zero attached hydrogens (tertiary/aromatic N) is 4. The van der Waals surface area contributed by atoms with Crippen LogP contribution in [-0.2, 0) is 12.6 Å². The fourth-order valence-electron chi connectivity index (χ4n) is 4.39. The molecular formula is C20H26N4O2. The Morgan fingerprint density at radius 3 is 2.54 bits per heavy atom. The number of amides is 1. The van der Waals surface area contributed by atoms with Crippen molar-refractivity contribution >= 4 is 5.91 Å². The normalized spacial score (nSPS) is 27.0. The molecule has 0 aliphatic carbocycles. The second kappa shape index (κ2) is 6.85. The zero-order valence-electron chi connectivity index (χ0n) is 15.2. The van der Waals surface area contributed by atoms with Crippen LogP contribution >= 0.6 is 0 Å². The van der Waals surface area contributed by atoms with Crippen LogP contribution in [0.2, 0.25) is 0 Å². The molecule has 0 radical (unpaired) electrons. The van der Waals surface area contributed by atoms with Crippen molar-refractivity contribution in [2.24, 2.45) is 7.05 Å². The average Bonchev–Trinajstić information content (AvgIpc) is 3.34. The molecule has 1 N–H and O–H groups in total. The fourth-order valence-corrected chi connectivity index (χ4v) is 4.39. The van der Waals surface area contributed by atoms with Gasteiger partial charge in [-0.2, -0.15) is 5.10 Å². The van der Waals surface area contributed by atoms with Gasteiger partial charge in [0.15, 0.2) is 0 Å². The quantitative estimate of drug-likeness (QED) is 0.910. The summed E-state index contributed by atoms with van der Waals surface area (Å²) in [5.74, 6) is -0.00990. The summed E-state index contributed by atoms with van der Waals surface area (Å²) in [7, 11) is 1.79. The molecule has 3 heterocycles. The van der Waals surface area contributed by atoms with E-state index in [0.717, 1.165) is 31.5 Å². The maximum atomic E-state index is 13.0. The van der Waals surface area contributed by atoms with Crippen molar-refractivity contribution in [3.8, 4) is 0 Å². The van der Waals surface area contributed by atoms with E-state index in [9.17, 15) is 9.90 Å². The minimum absolute atomic E-state index is 0.00990. The van der Waals surface area contributed by atoms with Gasteiger partial charge in [0.25, 0.3) is 5.91 Å². The van der Waals surface area contributed by atoms with Gasteiger partial charge in [-0.25, -0.2) is 0 Å². The lowest BCUT2D eigenvalue weighted by molar-refractivity contribution is -0.0879. The highest BCUT2D eigenvalue weighted by Crippen LogP contribution is 2.37. The van der Waals surface area contributed by atoms with Gasteiger partial charge in [-0.05, 0) is 44.0 Å². The number of likely N-dealkylation sites (tertiary alicyclic amines) is 2. The van der Waals surface area contributed by atoms with E-state index < -0.39 is 5.60 Å². The molecule has 2 aliphatic heterocycles. The third kappa shape index (κ3) is 2.93. The predicted octanol–water partition coefficient (Wildman–Crippen LogP) is 1.62. The van der Waals surface area contributed by atoms with Gasteiger partial charge in [0.2, 0.25) is 0 Å². The van der Waals surface area contributed by atoms with Crippen molar-refractivity contribution in [2.75, 3.05) is 26.2 Å². The Kier molecular flexibility index (Phi) is 4.54. The van der Waals surface area contributed by atoms with Gasteiger partial charge in [0, 0.05) is 26.3 Å². The fraction of sp³-hybridized carbons (Fsp3) is 0.500. The molecule has 4 rings (SSSR count). The van der Waals surface area contributed by atoms with E-state index in [1.807, 2.05) is 35.2 Å². The van der Waals surface area contributed by atoms with Gasteiger partial charge in [0.05, 0.1) is 6.04 Å². The molecule has 0 saturated carbocycles. The first-order chi connectivity index (χ1) is 12.6. The number of hydrogen-bond acceptors (Lipinski definition) is 4. The summed E-state index contributed by atoms with van der Waals surface area (Å²) in [5, 5.41) is 15.8. The number of rotatable bonds is 3. The van der Waals surface area contributed by atoms with Crippen LogP contribution in [0.25, 0.3) is 0 Å². The molecule has 1 aromatic heterocycles. The van der Waals surface area contributed by atoms with Crippen molar-refractivity contribution in [3.63, 3.8) is 0 Å². The number of carbonyl (C=O) groups excluding carboxylic acids is 1. The van der Waals surface area contributed by atoms with Crippen LogP contribution in [-0.4, -0.2) is 62.8 Å². The van der Waals surface area contributed by atoms with Crippen LogP contribution in [0.5, 0.6) is 0 Å². The van der Waals surface area contributed by atoms with Crippen LogP contribution < -0.4 is 0 Å². The number of aromatic nitrogens is 2. The van der Waals surface area contributed by atoms with E-state index in [2.05, 4.69) is 10.00 Å². The van der Waals surface area contributed by atoms with Crippen LogP contribution in [0.15, 0.2) is 42.6 Å². The molecule has 2 aliphatic rings. The van der Waals surface area contributed by atoms with Gasteiger partial charge < -0.3 is 10.0 Å². The summed E-state index contributed by atoms with van der Waals surface area (Å²) in [6.45, 7) is 3.04. The summed E-state index contributed by atoms with van der Waals surface area (Å²) in [6, 6.07) is 11.6. The Bertz CT molecular complexity index is 769. The molecule has 0 bridgehead atoms. The topological polar surface area (TPSA) is 61.6 Å². The molecule has 2 aromatic rings. The minimum Gasteiger partial charge on any atom is -0.383 e. The second-order valence-electron chi connectivity index (χ2n) is 7.39. The van der Waals surface area contributed by atoms with E-state index in [0.29, 0.717) is 25.2 Å². The SMILES string of the molecule is Cn1nccc1C(=O)N1CCC(O)(c2ccccc2)[C@H](N2CCCC2)C1. The third-order valence-electron chi connectivity index (χ3n) is 5.89. The summed E-state index contributed by atoms with van der Waals surface area (Å²) in [4.78, 5) is 17.2. The monoisotopic (exact) mass is 354 g/mol. The Balaban J connectivity index is 1.63. The molecule has 2 atom stereocenters. The number of piperidine rings is 1. The first-order valence-corrected chi connectivity index (χ1v) is 9.39. The molecule has 0 spiro atoms. The van der Waals surface area contributed by atoms with Crippen LogP contribution in [0.4, 0.5) is 0 Å². The van der Waals surface area contributed by atoms with Gasteiger partial charge in [0.1, 0.15) is 11.3 Å². The van der Waals surface area contributed by atoms with Gasteiger partial charge in [-0.3, -0.25) is 14.4 Å². The lowest BCUT2D eigenvalue weighted by Crippen LogP contribution is -2.61. The molecule has 1 unspecified atom stereocenters. The van der Waals surface area contributed by atoms with Crippen molar-refractivity contribution in [2.45, 2.75) is 30.9 Å². The summed E-state index contributed by atoms with van der Waals surface area (Å²) in [6.07, 6.45) is 4.49. The Labute approximate surface area is 154 Å². The van der Waals surface area contributed by atoms with Crippen LogP contribution in [0, 0.1) is 0 Å². The highest BCUT2D eigenvalue weighted by atomic mass is 16.3. The summed E-state index contributed by atoms with van der Waals surface area (Å²) in [5.41, 5.74) is 0.620. The number of aryl methyl sites for hydroxylation is 1. The van der Waals surface area contributed by atoms with E-state index in [1.165, 1.54) is 0 Å². The smallest absolute Gasteiger partial charge is 0.272 e. The van der Waals surface area contributed by atoms with Crippen LogP contribution in [0.1, 0.15) is 35.3 Å². The molecule has 6 heteroatoms. The molecule has 138 valence electrons. The zero-order valence-corrected chi connectivity index (χ0v) is 15.2. The van der Waals surface area contributed by atoms with Crippen molar-refractivity contribution in [3.05, 3.63) is 53.9 Å². The molecule has 1 aromatic carbocycles. The maximum Gasteiger partial charge on any atom is 0.272 e. The van der Waals surface area contributed by atoms with Gasteiger partial charge in [-0.15, -0.1) is 0 Å². The first-order valence-electron chi connectivity index (χ1n) is 9.39. The Hall–Kier alpha value is -2.18. The molecule has 6 nitrogen and oxygen atoms in total. The van der Waals surface area contributed by atoms with E-state index >= 15 is 0 Å². The van der Waals surface area contributed by atoms with Crippen LogP contribution in [0.3, 0.4) is 0 Å². The molecule has 26 heavy (non-hydrogen) atoms. The number of benzene rings is 1. The highest BCUT2D eigenvalue weighted by molar-refractivity contribution is 5.92. The van der Waals surface area contributed by atoms with Crippen molar-refractivity contribution in [1.82, 2.24) is 19.6 Å². The van der Waals surface area contributed by atoms with Crippen molar-refractivity contribution in [1.29, 1.82) is 0 Å². The Morgan fingerprint density at radius 1 is 1.15 bits per heavy atom. The van der Waals surface area contributed by atoms with E-state index in [1.54, 1.807) is 24.0 Å². The number of hydrogen-bond donors (Lipinski definition) is 1. The minimum atomic E-state index is -0.922. The van der Waals surface area contributed by atoms with Gasteiger partial charge in [-0.1, -0.05) is 30.3 Å². The second-order valence-corrected chi connectivity index (χ2v) is 7.39. The largest absolute Gasteiger partial charge is 0.383 e. The predicted molar refractivity (Wildman–Crippen MR) is 98.7 cm³/mol. The molecule has 2 fully saturated rings. The molecular weight excluding hydrogens is 328 g/mol. The van der Waals surface area contributed by atoms with Gasteiger partial charge >= 0.3 is 0 Å². The van der Waals surface area contributed by atoms with Crippen molar-refractivity contribution < 1.29 is 9.90 Å². The average molecular weight is 354 g/mol. The highest BCUT2D eigenvalue weighted by Gasteiger charge is 2.47. The molecule has 2 saturated heterocycles. The lowest BCUT2D eigenvalue weighted by atomic mass is 9.79. The Morgan fingerprint density at radius 2 is 1.88 bits per heavy atom. The number of aliphatic hydroxyl groups is 1. The summed E-state index contributed by atoms with van der Waals surface area (Å²) < 4.78 is 1.62. The third-order valence-corrected chi connectivity index (χ3v) is 5.89.